The summed E-state index contributed by atoms with van der Waals surface area (Å²) < 4.78 is 32.1. The SMILES string of the molecule is CCCCCCCCC/C=C/CC/C=C/C(O)C(CS(=O)(=O)O)NC(=O)CCCCCCCCCCCC. The van der Waals surface area contributed by atoms with Gasteiger partial charge in [0, 0.05) is 6.42 Å². The topological polar surface area (TPSA) is 104 Å². The molecule has 0 radical (unpaired) electrons. The van der Waals surface area contributed by atoms with E-state index in [2.05, 4.69) is 31.3 Å². The van der Waals surface area contributed by atoms with Crippen molar-refractivity contribution < 1.29 is 22.9 Å². The van der Waals surface area contributed by atoms with Gasteiger partial charge < -0.3 is 10.4 Å². The maximum atomic E-state index is 12.3. The van der Waals surface area contributed by atoms with Gasteiger partial charge in [-0.15, -0.1) is 0 Å². The highest BCUT2D eigenvalue weighted by Gasteiger charge is 2.24. The molecule has 0 aromatic rings. The van der Waals surface area contributed by atoms with Gasteiger partial charge in [-0.05, 0) is 32.1 Å². The van der Waals surface area contributed by atoms with Crippen molar-refractivity contribution >= 4 is 16.0 Å². The molecule has 0 heterocycles. The van der Waals surface area contributed by atoms with Crippen molar-refractivity contribution in [3.8, 4) is 0 Å². The fraction of sp³-hybridized carbons (Fsp3) is 0.839. The number of hydrogen-bond donors (Lipinski definition) is 3. The van der Waals surface area contributed by atoms with Crippen molar-refractivity contribution in [3.05, 3.63) is 24.3 Å². The van der Waals surface area contributed by atoms with Gasteiger partial charge in [0.2, 0.25) is 5.91 Å². The Labute approximate surface area is 234 Å². The van der Waals surface area contributed by atoms with E-state index < -0.39 is 28.0 Å². The van der Waals surface area contributed by atoms with Gasteiger partial charge in [-0.1, -0.05) is 134 Å². The van der Waals surface area contributed by atoms with Crippen molar-refractivity contribution in [3.63, 3.8) is 0 Å². The molecule has 7 heteroatoms. The van der Waals surface area contributed by atoms with E-state index in [1.165, 1.54) is 96.0 Å². The number of aliphatic hydroxyl groups is 1. The van der Waals surface area contributed by atoms with Crippen LogP contribution in [0.25, 0.3) is 0 Å². The number of rotatable bonds is 27. The van der Waals surface area contributed by atoms with Gasteiger partial charge in [-0.3, -0.25) is 9.35 Å². The second-order valence-electron chi connectivity index (χ2n) is 10.7. The van der Waals surface area contributed by atoms with Crippen LogP contribution in [0.15, 0.2) is 24.3 Å². The molecule has 0 rings (SSSR count). The van der Waals surface area contributed by atoms with Crippen LogP contribution < -0.4 is 5.32 Å². The van der Waals surface area contributed by atoms with E-state index in [1.54, 1.807) is 6.08 Å². The smallest absolute Gasteiger partial charge is 0.267 e. The first-order valence-corrected chi connectivity index (χ1v) is 17.1. The summed E-state index contributed by atoms with van der Waals surface area (Å²) in [5, 5.41) is 13.1. The predicted octanol–water partition coefficient (Wildman–Crippen LogP) is 8.06. The first kappa shape index (κ1) is 36.8. The number of nitrogens with one attached hydrogen (secondary N) is 1. The van der Waals surface area contributed by atoms with E-state index in [-0.39, 0.29) is 5.91 Å². The molecule has 0 spiro atoms. The number of aliphatic hydroxyl groups excluding tert-OH is 1. The van der Waals surface area contributed by atoms with Crippen molar-refractivity contribution in [1.82, 2.24) is 5.32 Å². The maximum absolute atomic E-state index is 12.3. The van der Waals surface area contributed by atoms with Gasteiger partial charge >= 0.3 is 0 Å². The van der Waals surface area contributed by atoms with Gasteiger partial charge in [-0.2, -0.15) is 8.42 Å². The summed E-state index contributed by atoms with van der Waals surface area (Å²) in [6, 6.07) is -1.07. The molecule has 2 unspecified atom stereocenters. The van der Waals surface area contributed by atoms with E-state index in [4.69, 9.17) is 0 Å². The number of allylic oxidation sites excluding steroid dienone is 3. The molecule has 0 fully saturated rings. The quantitative estimate of drug-likeness (QED) is 0.0538. The Morgan fingerprint density at radius 1 is 0.684 bits per heavy atom. The van der Waals surface area contributed by atoms with Gasteiger partial charge in [0.25, 0.3) is 10.1 Å². The zero-order chi connectivity index (χ0) is 28.3. The summed E-state index contributed by atoms with van der Waals surface area (Å²) in [6.07, 6.45) is 30.2. The summed E-state index contributed by atoms with van der Waals surface area (Å²) in [4.78, 5) is 12.3. The van der Waals surface area contributed by atoms with Crippen LogP contribution in [-0.4, -0.2) is 41.9 Å². The molecule has 0 saturated carbocycles. The fourth-order valence-electron chi connectivity index (χ4n) is 4.52. The summed E-state index contributed by atoms with van der Waals surface area (Å²) in [5.41, 5.74) is 0. The molecule has 2 atom stereocenters. The van der Waals surface area contributed by atoms with Crippen LogP contribution in [-0.2, 0) is 14.9 Å². The Balaban J connectivity index is 4.16. The zero-order valence-electron chi connectivity index (χ0n) is 24.5. The first-order valence-electron chi connectivity index (χ1n) is 15.5. The number of amides is 1. The van der Waals surface area contributed by atoms with Crippen molar-refractivity contribution in [2.75, 3.05) is 5.75 Å². The Hall–Kier alpha value is -1.18. The molecular formula is C31H59NO5S. The van der Waals surface area contributed by atoms with Gasteiger partial charge in [0.1, 0.15) is 0 Å². The third kappa shape index (κ3) is 26.4. The average Bonchev–Trinajstić information content (AvgIpc) is 2.86. The third-order valence-electron chi connectivity index (χ3n) is 6.88. The standard InChI is InChI=1S/C31H59NO5S/c1-3-5-7-9-11-13-15-16-17-18-20-22-24-26-30(33)29(28-38(35,36)37)32-31(34)27-25-23-21-19-14-12-10-8-6-4-2/h17-18,24,26,29-30,33H,3-16,19-23,25,27-28H2,1-2H3,(H,32,34)(H,35,36,37)/b18-17+,26-24+. The molecule has 38 heavy (non-hydrogen) atoms. The van der Waals surface area contributed by atoms with Crippen molar-refractivity contribution in [1.29, 1.82) is 0 Å². The number of unbranched alkanes of at least 4 members (excludes halogenated alkanes) is 17. The number of carbonyl (C=O) groups is 1. The van der Waals surface area contributed by atoms with Gasteiger partial charge in [0.05, 0.1) is 17.9 Å². The van der Waals surface area contributed by atoms with Crippen molar-refractivity contribution in [2.45, 2.75) is 161 Å². The van der Waals surface area contributed by atoms with Crippen LogP contribution >= 0.6 is 0 Å². The normalized spacial score (nSPS) is 13.9. The zero-order valence-corrected chi connectivity index (χ0v) is 25.4. The summed E-state index contributed by atoms with van der Waals surface area (Å²) in [6.45, 7) is 4.45. The molecule has 0 bridgehead atoms. The van der Waals surface area contributed by atoms with Crippen LogP contribution in [0.3, 0.4) is 0 Å². The second kappa shape index (κ2) is 26.1. The van der Waals surface area contributed by atoms with E-state index in [0.29, 0.717) is 6.42 Å². The molecular weight excluding hydrogens is 498 g/mol. The lowest BCUT2D eigenvalue weighted by Gasteiger charge is -2.21. The van der Waals surface area contributed by atoms with Crippen LogP contribution in [0.1, 0.15) is 149 Å². The minimum absolute atomic E-state index is 0.290. The number of hydrogen-bond acceptors (Lipinski definition) is 4. The average molecular weight is 558 g/mol. The molecule has 0 aliphatic heterocycles. The molecule has 0 aromatic carbocycles. The van der Waals surface area contributed by atoms with Crippen LogP contribution in [0.4, 0.5) is 0 Å². The van der Waals surface area contributed by atoms with Crippen LogP contribution in [0, 0.1) is 0 Å². The Kier molecular flexibility index (Phi) is 25.3. The minimum Gasteiger partial charge on any atom is -0.387 e. The fourth-order valence-corrected chi connectivity index (χ4v) is 5.26. The third-order valence-corrected chi connectivity index (χ3v) is 7.66. The lowest BCUT2D eigenvalue weighted by atomic mass is 10.1. The molecule has 1 amide bonds. The maximum Gasteiger partial charge on any atom is 0.267 e. The Bertz CT molecular complexity index is 705. The second-order valence-corrected chi connectivity index (χ2v) is 12.2. The van der Waals surface area contributed by atoms with E-state index in [1.807, 2.05) is 0 Å². The van der Waals surface area contributed by atoms with Crippen LogP contribution in [0.5, 0.6) is 0 Å². The van der Waals surface area contributed by atoms with Gasteiger partial charge in [0.15, 0.2) is 0 Å². The van der Waals surface area contributed by atoms with E-state index in [9.17, 15) is 22.9 Å². The lowest BCUT2D eigenvalue weighted by Crippen LogP contribution is -2.46. The summed E-state index contributed by atoms with van der Waals surface area (Å²) in [7, 11) is -4.34. The molecule has 224 valence electrons. The molecule has 0 aromatic heterocycles. The largest absolute Gasteiger partial charge is 0.387 e. The highest BCUT2D eigenvalue weighted by atomic mass is 32.2. The molecule has 6 nitrogen and oxygen atoms in total. The monoisotopic (exact) mass is 557 g/mol. The van der Waals surface area contributed by atoms with E-state index >= 15 is 0 Å². The molecule has 0 aliphatic carbocycles. The number of carbonyl (C=O) groups excluding carboxylic acids is 1. The molecule has 0 saturated heterocycles. The summed E-state index contributed by atoms with van der Waals surface area (Å²) in [5.74, 6) is -1.00. The predicted molar refractivity (Wildman–Crippen MR) is 161 cm³/mol. The molecule has 0 aliphatic rings. The molecule has 3 N–H and O–H groups in total. The van der Waals surface area contributed by atoms with E-state index in [0.717, 1.165) is 38.5 Å². The Morgan fingerprint density at radius 3 is 1.66 bits per heavy atom. The van der Waals surface area contributed by atoms with Gasteiger partial charge in [-0.25, -0.2) is 0 Å². The lowest BCUT2D eigenvalue weighted by molar-refractivity contribution is -0.122. The Morgan fingerprint density at radius 2 is 1.13 bits per heavy atom. The first-order chi connectivity index (χ1) is 18.3. The van der Waals surface area contributed by atoms with Crippen molar-refractivity contribution in [2.24, 2.45) is 0 Å². The summed E-state index contributed by atoms with van der Waals surface area (Å²) >= 11 is 0. The minimum atomic E-state index is -4.34. The highest BCUT2D eigenvalue weighted by molar-refractivity contribution is 7.85. The van der Waals surface area contributed by atoms with Crippen LogP contribution in [0.2, 0.25) is 0 Å². The highest BCUT2D eigenvalue weighted by Crippen LogP contribution is 2.12.